The number of aliphatic hydroxyl groups is 1. The van der Waals surface area contributed by atoms with Crippen molar-refractivity contribution in [3.05, 3.63) is 11.8 Å². The molecule has 0 bridgehead atoms. The molecule has 1 saturated carbocycles. The number of aliphatic hydroxyl groups excluding tert-OH is 1. The standard InChI is InChI=1S/C10H16N4O/c1-7-5-12-9(11)13-8(7)14-10(6-15)3-2-4-10/h5,15H,2-4,6H2,1H3,(H3,11,12,13,14). The molecule has 0 atom stereocenters. The molecule has 1 aromatic rings. The first-order valence-corrected chi connectivity index (χ1v) is 5.13. The number of hydrogen-bond donors (Lipinski definition) is 3. The van der Waals surface area contributed by atoms with Gasteiger partial charge in [-0.05, 0) is 26.2 Å². The fourth-order valence-corrected chi connectivity index (χ4v) is 1.76. The van der Waals surface area contributed by atoms with E-state index in [1.165, 1.54) is 0 Å². The Balaban J connectivity index is 2.19. The molecule has 5 nitrogen and oxygen atoms in total. The third-order valence-corrected chi connectivity index (χ3v) is 2.99. The lowest BCUT2D eigenvalue weighted by atomic mass is 9.77. The largest absolute Gasteiger partial charge is 0.394 e. The van der Waals surface area contributed by atoms with E-state index in [9.17, 15) is 5.11 Å². The van der Waals surface area contributed by atoms with Gasteiger partial charge in [-0.1, -0.05) is 0 Å². The first-order chi connectivity index (χ1) is 7.15. The smallest absolute Gasteiger partial charge is 0.221 e. The van der Waals surface area contributed by atoms with E-state index in [1.54, 1.807) is 6.20 Å². The van der Waals surface area contributed by atoms with Gasteiger partial charge in [0.05, 0.1) is 12.1 Å². The monoisotopic (exact) mass is 208 g/mol. The average molecular weight is 208 g/mol. The molecule has 1 fully saturated rings. The number of hydrogen-bond acceptors (Lipinski definition) is 5. The Labute approximate surface area is 88.7 Å². The van der Waals surface area contributed by atoms with Crippen molar-refractivity contribution in [1.82, 2.24) is 9.97 Å². The van der Waals surface area contributed by atoms with Gasteiger partial charge in [0.2, 0.25) is 5.95 Å². The molecule has 0 saturated heterocycles. The van der Waals surface area contributed by atoms with Gasteiger partial charge in [0, 0.05) is 11.8 Å². The van der Waals surface area contributed by atoms with E-state index in [-0.39, 0.29) is 18.1 Å². The molecule has 0 unspecified atom stereocenters. The van der Waals surface area contributed by atoms with Crippen LogP contribution in [0.5, 0.6) is 0 Å². The summed E-state index contributed by atoms with van der Waals surface area (Å²) < 4.78 is 0. The lowest BCUT2D eigenvalue weighted by Crippen LogP contribution is -2.48. The first kappa shape index (κ1) is 10.2. The molecule has 0 amide bonds. The van der Waals surface area contributed by atoms with Crippen LogP contribution in [0.2, 0.25) is 0 Å². The lowest BCUT2D eigenvalue weighted by Gasteiger charge is -2.41. The van der Waals surface area contributed by atoms with E-state index in [0.29, 0.717) is 0 Å². The van der Waals surface area contributed by atoms with Crippen LogP contribution in [0.4, 0.5) is 11.8 Å². The molecule has 82 valence electrons. The van der Waals surface area contributed by atoms with Crippen LogP contribution in [0.3, 0.4) is 0 Å². The number of anilines is 2. The predicted octanol–water partition coefficient (Wildman–Crippen LogP) is 0.694. The second-order valence-electron chi connectivity index (χ2n) is 4.18. The predicted molar refractivity (Wildman–Crippen MR) is 58.5 cm³/mol. The van der Waals surface area contributed by atoms with Crippen molar-refractivity contribution in [2.75, 3.05) is 17.7 Å². The summed E-state index contributed by atoms with van der Waals surface area (Å²) >= 11 is 0. The maximum absolute atomic E-state index is 9.32. The topological polar surface area (TPSA) is 84.1 Å². The average Bonchev–Trinajstić information content (AvgIpc) is 2.17. The molecule has 1 aromatic heterocycles. The second-order valence-corrected chi connectivity index (χ2v) is 4.18. The van der Waals surface area contributed by atoms with Crippen molar-refractivity contribution in [3.8, 4) is 0 Å². The fourth-order valence-electron chi connectivity index (χ4n) is 1.76. The fraction of sp³-hybridized carbons (Fsp3) is 0.600. The van der Waals surface area contributed by atoms with Crippen LogP contribution in [-0.4, -0.2) is 27.2 Å². The number of nitrogens with two attached hydrogens (primary N) is 1. The number of rotatable bonds is 3. The second kappa shape index (κ2) is 3.66. The Hall–Kier alpha value is -1.36. The summed E-state index contributed by atoms with van der Waals surface area (Å²) in [4.78, 5) is 8.04. The van der Waals surface area contributed by atoms with Gasteiger partial charge < -0.3 is 16.2 Å². The zero-order valence-corrected chi connectivity index (χ0v) is 8.82. The van der Waals surface area contributed by atoms with Gasteiger partial charge >= 0.3 is 0 Å². The van der Waals surface area contributed by atoms with Crippen molar-refractivity contribution in [1.29, 1.82) is 0 Å². The van der Waals surface area contributed by atoms with Gasteiger partial charge in [-0.2, -0.15) is 4.98 Å². The van der Waals surface area contributed by atoms with Crippen molar-refractivity contribution in [3.63, 3.8) is 0 Å². The van der Waals surface area contributed by atoms with Gasteiger partial charge in [-0.15, -0.1) is 0 Å². The summed E-state index contributed by atoms with van der Waals surface area (Å²) in [5, 5.41) is 12.6. The van der Waals surface area contributed by atoms with Crippen LogP contribution < -0.4 is 11.1 Å². The maximum atomic E-state index is 9.32. The highest BCUT2D eigenvalue weighted by atomic mass is 16.3. The molecule has 1 heterocycles. The van der Waals surface area contributed by atoms with E-state index in [1.807, 2.05) is 6.92 Å². The van der Waals surface area contributed by atoms with E-state index in [0.717, 1.165) is 30.6 Å². The summed E-state index contributed by atoms with van der Waals surface area (Å²) in [6, 6.07) is 0. The van der Waals surface area contributed by atoms with Gasteiger partial charge in [0.25, 0.3) is 0 Å². The number of nitrogens with one attached hydrogen (secondary N) is 1. The summed E-state index contributed by atoms with van der Waals surface area (Å²) in [7, 11) is 0. The Morgan fingerprint density at radius 3 is 2.87 bits per heavy atom. The molecular weight excluding hydrogens is 192 g/mol. The van der Waals surface area contributed by atoms with Crippen LogP contribution in [-0.2, 0) is 0 Å². The Kier molecular flexibility index (Phi) is 2.48. The zero-order valence-electron chi connectivity index (χ0n) is 8.82. The van der Waals surface area contributed by atoms with Gasteiger partial charge in [-0.25, -0.2) is 4.98 Å². The van der Waals surface area contributed by atoms with Gasteiger partial charge in [0.1, 0.15) is 5.82 Å². The molecule has 1 aliphatic carbocycles. The van der Waals surface area contributed by atoms with Crippen molar-refractivity contribution in [2.24, 2.45) is 0 Å². The van der Waals surface area contributed by atoms with Crippen LogP contribution >= 0.6 is 0 Å². The SMILES string of the molecule is Cc1cnc(N)nc1NC1(CO)CCC1. The summed E-state index contributed by atoms with van der Waals surface area (Å²) in [5.41, 5.74) is 6.28. The van der Waals surface area contributed by atoms with Crippen molar-refractivity contribution < 1.29 is 5.11 Å². The number of nitrogen functional groups attached to an aromatic ring is 1. The van der Waals surface area contributed by atoms with E-state index >= 15 is 0 Å². The summed E-state index contributed by atoms with van der Waals surface area (Å²) in [6.45, 7) is 2.06. The van der Waals surface area contributed by atoms with Gasteiger partial charge in [-0.3, -0.25) is 0 Å². The minimum atomic E-state index is -0.189. The molecule has 0 aromatic carbocycles. The van der Waals surface area contributed by atoms with Gasteiger partial charge in [0.15, 0.2) is 0 Å². The number of aryl methyl sites for hydroxylation is 1. The normalized spacial score (nSPS) is 18.3. The van der Waals surface area contributed by atoms with E-state index < -0.39 is 0 Å². The van der Waals surface area contributed by atoms with Crippen LogP contribution in [0.15, 0.2) is 6.20 Å². The zero-order chi connectivity index (χ0) is 10.9. The Morgan fingerprint density at radius 2 is 2.33 bits per heavy atom. The summed E-state index contributed by atoms with van der Waals surface area (Å²) in [6.07, 6.45) is 4.79. The molecular formula is C10H16N4O. The van der Waals surface area contributed by atoms with Crippen molar-refractivity contribution in [2.45, 2.75) is 31.7 Å². The minimum absolute atomic E-state index is 0.135. The lowest BCUT2D eigenvalue weighted by molar-refractivity contribution is 0.143. The molecule has 15 heavy (non-hydrogen) atoms. The number of aromatic nitrogens is 2. The minimum Gasteiger partial charge on any atom is -0.394 e. The van der Waals surface area contributed by atoms with Crippen LogP contribution in [0.25, 0.3) is 0 Å². The molecule has 2 rings (SSSR count). The molecule has 4 N–H and O–H groups in total. The Bertz CT molecular complexity index is 357. The quantitative estimate of drug-likeness (QED) is 0.680. The highest BCUT2D eigenvalue weighted by molar-refractivity contribution is 5.47. The molecule has 0 spiro atoms. The third-order valence-electron chi connectivity index (χ3n) is 2.99. The molecule has 0 radical (unpaired) electrons. The van der Waals surface area contributed by atoms with Crippen molar-refractivity contribution >= 4 is 11.8 Å². The van der Waals surface area contributed by atoms with E-state index in [2.05, 4.69) is 15.3 Å². The molecule has 0 aliphatic heterocycles. The molecule has 1 aliphatic rings. The summed E-state index contributed by atoms with van der Waals surface area (Å²) in [5.74, 6) is 0.992. The molecule has 5 heteroatoms. The van der Waals surface area contributed by atoms with E-state index in [4.69, 9.17) is 5.73 Å². The maximum Gasteiger partial charge on any atom is 0.221 e. The highest BCUT2D eigenvalue weighted by Crippen LogP contribution is 2.34. The highest BCUT2D eigenvalue weighted by Gasteiger charge is 2.36. The third kappa shape index (κ3) is 1.87. The first-order valence-electron chi connectivity index (χ1n) is 5.13. The number of nitrogens with zero attached hydrogens (tertiary/aromatic N) is 2. The van der Waals surface area contributed by atoms with Crippen LogP contribution in [0.1, 0.15) is 24.8 Å². The van der Waals surface area contributed by atoms with Crippen LogP contribution in [0, 0.1) is 6.92 Å². The Morgan fingerprint density at radius 1 is 1.60 bits per heavy atom.